The van der Waals surface area contributed by atoms with E-state index in [4.69, 9.17) is 14.2 Å². The molecule has 5 nitrogen and oxygen atoms in total. The van der Waals surface area contributed by atoms with Gasteiger partial charge in [0.2, 0.25) is 0 Å². The molecule has 378 valence electrons. The molecule has 0 amide bonds. The maximum Gasteiger partial charge on any atom is 0.306 e. The Morgan fingerprint density at radius 3 is 0.953 bits per heavy atom. The van der Waals surface area contributed by atoms with E-state index in [0.29, 0.717) is 26.1 Å². The molecule has 0 aromatic heterocycles. The van der Waals surface area contributed by atoms with Gasteiger partial charge < -0.3 is 14.2 Å². The van der Waals surface area contributed by atoms with E-state index in [1.54, 1.807) is 0 Å². The SMILES string of the molecule is CCCCCCCC/C=C\CCCCCCCCCCCC(=O)OC[C@@H](COCCCCCCCCCCCCCCCC)OC(=O)CCCCCCC/C=C\CCCCCCCC. The van der Waals surface area contributed by atoms with Crippen LogP contribution in [0.15, 0.2) is 24.3 Å². The first-order chi connectivity index (χ1) is 31.6. The molecule has 0 saturated carbocycles. The normalized spacial score (nSPS) is 12.2. The lowest BCUT2D eigenvalue weighted by Gasteiger charge is -2.18. The smallest absolute Gasteiger partial charge is 0.306 e. The van der Waals surface area contributed by atoms with Gasteiger partial charge in [-0.3, -0.25) is 9.59 Å². The van der Waals surface area contributed by atoms with Crippen molar-refractivity contribution in [2.45, 2.75) is 322 Å². The summed E-state index contributed by atoms with van der Waals surface area (Å²) >= 11 is 0. The Bertz CT molecular complexity index is 974. The standard InChI is InChI=1S/C59H112O5/c1-4-7-10-13-16-19-22-25-28-29-30-31-33-34-37-40-43-46-49-52-58(60)63-56-57(55-62-54-51-48-45-42-39-36-27-24-21-18-15-12-9-6-3)64-59(61)53-50-47-44-41-38-35-32-26-23-20-17-14-11-8-5-2/h25-26,28,32,57H,4-24,27,29-31,33-56H2,1-3H3/b28-25-,32-26-/t57-/m1/s1. The van der Waals surface area contributed by atoms with Crippen molar-refractivity contribution >= 4 is 11.9 Å². The Balaban J connectivity index is 4.21. The molecule has 0 aliphatic heterocycles. The number of carbonyl (C=O) groups is 2. The molecule has 0 aromatic rings. The summed E-state index contributed by atoms with van der Waals surface area (Å²) in [6, 6.07) is 0. The van der Waals surface area contributed by atoms with E-state index < -0.39 is 6.10 Å². The van der Waals surface area contributed by atoms with Gasteiger partial charge in [0.05, 0.1) is 6.61 Å². The van der Waals surface area contributed by atoms with E-state index in [-0.39, 0.29) is 18.5 Å². The van der Waals surface area contributed by atoms with Crippen LogP contribution in [0.1, 0.15) is 316 Å². The minimum absolute atomic E-state index is 0.0879. The van der Waals surface area contributed by atoms with Crippen LogP contribution in [0, 0.1) is 0 Å². The van der Waals surface area contributed by atoms with E-state index in [1.165, 1.54) is 238 Å². The molecular formula is C59H112O5. The third-order valence-corrected chi connectivity index (χ3v) is 13.0. The fraction of sp³-hybridized carbons (Fsp3) is 0.898. The highest BCUT2D eigenvalue weighted by Crippen LogP contribution is 2.16. The van der Waals surface area contributed by atoms with Crippen LogP contribution in [-0.4, -0.2) is 37.9 Å². The van der Waals surface area contributed by atoms with Crippen LogP contribution in [0.3, 0.4) is 0 Å². The van der Waals surface area contributed by atoms with Crippen molar-refractivity contribution in [3.05, 3.63) is 24.3 Å². The van der Waals surface area contributed by atoms with Crippen molar-refractivity contribution in [1.82, 2.24) is 0 Å². The van der Waals surface area contributed by atoms with Gasteiger partial charge in [-0.1, -0.05) is 257 Å². The van der Waals surface area contributed by atoms with Crippen LogP contribution in [0.2, 0.25) is 0 Å². The fourth-order valence-corrected chi connectivity index (χ4v) is 8.62. The molecule has 0 fully saturated rings. The second-order valence-electron chi connectivity index (χ2n) is 19.5. The monoisotopic (exact) mass is 901 g/mol. The molecule has 0 bridgehead atoms. The van der Waals surface area contributed by atoms with Crippen molar-refractivity contribution < 1.29 is 23.8 Å². The molecule has 0 aliphatic carbocycles. The Kier molecular flexibility index (Phi) is 54.3. The van der Waals surface area contributed by atoms with Crippen molar-refractivity contribution in [2.24, 2.45) is 0 Å². The predicted octanol–water partition coefficient (Wildman–Crippen LogP) is 19.6. The third-order valence-electron chi connectivity index (χ3n) is 13.0. The maximum absolute atomic E-state index is 12.8. The van der Waals surface area contributed by atoms with Crippen LogP contribution in [0.5, 0.6) is 0 Å². The minimum atomic E-state index is -0.535. The summed E-state index contributed by atoms with van der Waals surface area (Å²) in [6.07, 6.45) is 66.2. The highest BCUT2D eigenvalue weighted by atomic mass is 16.6. The van der Waals surface area contributed by atoms with Crippen molar-refractivity contribution in [1.29, 1.82) is 0 Å². The fourth-order valence-electron chi connectivity index (χ4n) is 8.62. The van der Waals surface area contributed by atoms with E-state index >= 15 is 0 Å². The van der Waals surface area contributed by atoms with Gasteiger partial charge in [0, 0.05) is 19.4 Å². The van der Waals surface area contributed by atoms with E-state index in [0.717, 1.165) is 44.9 Å². The van der Waals surface area contributed by atoms with Gasteiger partial charge in [-0.15, -0.1) is 0 Å². The summed E-state index contributed by atoms with van der Waals surface area (Å²) in [7, 11) is 0. The first kappa shape index (κ1) is 62.4. The van der Waals surface area contributed by atoms with Crippen LogP contribution < -0.4 is 0 Å². The van der Waals surface area contributed by atoms with Crippen molar-refractivity contribution in [2.75, 3.05) is 19.8 Å². The van der Waals surface area contributed by atoms with Crippen LogP contribution >= 0.6 is 0 Å². The maximum atomic E-state index is 12.8. The molecule has 1 atom stereocenters. The number of ether oxygens (including phenoxy) is 3. The average molecular weight is 902 g/mol. The van der Waals surface area contributed by atoms with E-state index in [1.807, 2.05) is 0 Å². The largest absolute Gasteiger partial charge is 0.462 e. The highest BCUT2D eigenvalue weighted by Gasteiger charge is 2.17. The average Bonchev–Trinajstić information content (AvgIpc) is 3.30. The number of allylic oxidation sites excluding steroid dienone is 4. The zero-order chi connectivity index (χ0) is 46.3. The van der Waals surface area contributed by atoms with Gasteiger partial charge in [-0.2, -0.15) is 0 Å². The van der Waals surface area contributed by atoms with Gasteiger partial charge in [0.1, 0.15) is 6.61 Å². The summed E-state index contributed by atoms with van der Waals surface area (Å²) < 4.78 is 17.5. The number of rotatable bonds is 54. The molecule has 0 spiro atoms. The molecular weight excluding hydrogens is 789 g/mol. The lowest BCUT2D eigenvalue weighted by Crippen LogP contribution is -2.30. The molecule has 0 aliphatic rings. The molecule has 0 radical (unpaired) electrons. The topological polar surface area (TPSA) is 61.8 Å². The van der Waals surface area contributed by atoms with Crippen LogP contribution in [0.25, 0.3) is 0 Å². The van der Waals surface area contributed by atoms with E-state index in [2.05, 4.69) is 45.1 Å². The minimum Gasteiger partial charge on any atom is -0.462 e. The highest BCUT2D eigenvalue weighted by molar-refractivity contribution is 5.70. The summed E-state index contributed by atoms with van der Waals surface area (Å²) in [5, 5.41) is 0. The molecule has 0 unspecified atom stereocenters. The first-order valence-electron chi connectivity index (χ1n) is 28.9. The number of hydrogen-bond donors (Lipinski definition) is 0. The number of esters is 2. The Hall–Kier alpha value is -1.62. The zero-order valence-corrected chi connectivity index (χ0v) is 43.6. The van der Waals surface area contributed by atoms with Gasteiger partial charge >= 0.3 is 11.9 Å². The van der Waals surface area contributed by atoms with Crippen molar-refractivity contribution in [3.8, 4) is 0 Å². The molecule has 0 heterocycles. The van der Waals surface area contributed by atoms with Gasteiger partial charge in [0.15, 0.2) is 6.10 Å². The molecule has 0 saturated heterocycles. The Morgan fingerprint density at radius 1 is 0.328 bits per heavy atom. The van der Waals surface area contributed by atoms with Gasteiger partial charge in [0.25, 0.3) is 0 Å². The van der Waals surface area contributed by atoms with E-state index in [9.17, 15) is 9.59 Å². The first-order valence-corrected chi connectivity index (χ1v) is 28.9. The molecule has 0 aromatic carbocycles. The molecule has 64 heavy (non-hydrogen) atoms. The predicted molar refractivity (Wildman–Crippen MR) is 279 cm³/mol. The number of carbonyl (C=O) groups excluding carboxylic acids is 2. The molecule has 0 N–H and O–H groups in total. The lowest BCUT2D eigenvalue weighted by molar-refractivity contribution is -0.163. The van der Waals surface area contributed by atoms with Crippen molar-refractivity contribution in [3.63, 3.8) is 0 Å². The number of unbranched alkanes of at least 4 members (excludes halogenated alkanes) is 39. The van der Waals surface area contributed by atoms with Gasteiger partial charge in [-0.05, 0) is 70.6 Å². The summed E-state index contributed by atoms with van der Waals surface area (Å²) in [5.41, 5.74) is 0. The molecule has 0 rings (SSSR count). The lowest BCUT2D eigenvalue weighted by atomic mass is 10.0. The Morgan fingerprint density at radius 2 is 0.609 bits per heavy atom. The quantitative estimate of drug-likeness (QED) is 0.0346. The summed E-state index contributed by atoms with van der Waals surface area (Å²) in [4.78, 5) is 25.5. The summed E-state index contributed by atoms with van der Waals surface area (Å²) in [5.74, 6) is -0.388. The van der Waals surface area contributed by atoms with Crippen LogP contribution in [0.4, 0.5) is 0 Å². The Labute approximate surface area is 400 Å². The second-order valence-corrected chi connectivity index (χ2v) is 19.5. The second kappa shape index (κ2) is 55.7. The van der Waals surface area contributed by atoms with Gasteiger partial charge in [-0.25, -0.2) is 0 Å². The third kappa shape index (κ3) is 53.0. The molecule has 5 heteroatoms. The van der Waals surface area contributed by atoms with Crippen LogP contribution in [-0.2, 0) is 23.8 Å². The number of hydrogen-bond acceptors (Lipinski definition) is 5. The summed E-state index contributed by atoms with van der Waals surface area (Å²) in [6.45, 7) is 7.88. The zero-order valence-electron chi connectivity index (χ0n) is 43.6.